The van der Waals surface area contributed by atoms with Gasteiger partial charge in [0.25, 0.3) is 0 Å². The van der Waals surface area contributed by atoms with Crippen LogP contribution in [-0.4, -0.2) is 0 Å². The maximum Gasteiger partial charge on any atom is 0.396 e. The van der Waals surface area contributed by atoms with Crippen LogP contribution in [0.2, 0.25) is 0 Å². The fourth-order valence-corrected chi connectivity index (χ4v) is 2.35. The molecule has 3 nitrogen and oxygen atoms in total. The first-order chi connectivity index (χ1) is 6.48. The Hall–Kier alpha value is -1.13. The van der Waals surface area contributed by atoms with Gasteiger partial charge in [-0.05, 0) is 25.5 Å². The van der Waals surface area contributed by atoms with Gasteiger partial charge in [0, 0.05) is 5.54 Å². The Balaban J connectivity index is 2.83. The molecule has 0 aliphatic carbocycles. The number of fused-ring (bicyclic) bond motifs is 1. The van der Waals surface area contributed by atoms with Crippen molar-refractivity contribution in [1.29, 1.82) is 0 Å². The van der Waals surface area contributed by atoms with Crippen LogP contribution in [0.3, 0.4) is 0 Å². The van der Waals surface area contributed by atoms with Crippen molar-refractivity contribution in [2.45, 2.75) is 19.4 Å². The van der Waals surface area contributed by atoms with Crippen LogP contribution in [0, 0.1) is 0 Å². The van der Waals surface area contributed by atoms with Crippen molar-refractivity contribution in [3.63, 3.8) is 0 Å². The van der Waals surface area contributed by atoms with Gasteiger partial charge in [0.05, 0.1) is 4.70 Å². The molecule has 0 saturated carbocycles. The van der Waals surface area contributed by atoms with Crippen LogP contribution in [0.15, 0.2) is 27.4 Å². The Labute approximate surface area is 85.2 Å². The topological polar surface area (TPSA) is 56.2 Å². The Morgan fingerprint density at radius 2 is 2.14 bits per heavy atom. The average Bonchev–Trinajstić information content (AvgIpc) is 2.41. The van der Waals surface area contributed by atoms with Crippen LogP contribution in [0.1, 0.15) is 19.4 Å². The van der Waals surface area contributed by atoms with E-state index in [1.807, 2.05) is 26.0 Å². The van der Waals surface area contributed by atoms with E-state index in [2.05, 4.69) is 0 Å². The third-order valence-electron chi connectivity index (χ3n) is 2.05. The molecule has 14 heavy (non-hydrogen) atoms. The first kappa shape index (κ1) is 9.43. The van der Waals surface area contributed by atoms with Crippen molar-refractivity contribution in [3.05, 3.63) is 33.5 Å². The highest BCUT2D eigenvalue weighted by Gasteiger charge is 2.19. The molecule has 0 radical (unpaired) electrons. The molecule has 4 heteroatoms. The molecular weight excluding hydrogens is 198 g/mol. The predicted octanol–water partition coefficient (Wildman–Crippen LogP) is 2.05. The van der Waals surface area contributed by atoms with E-state index in [0.29, 0.717) is 5.58 Å². The van der Waals surface area contributed by atoms with Crippen LogP contribution in [0.4, 0.5) is 0 Å². The van der Waals surface area contributed by atoms with Crippen LogP contribution in [-0.2, 0) is 5.54 Å². The first-order valence-corrected chi connectivity index (χ1v) is 5.12. The van der Waals surface area contributed by atoms with Gasteiger partial charge in [-0.2, -0.15) is 0 Å². The summed E-state index contributed by atoms with van der Waals surface area (Å²) in [7, 11) is 0. The van der Waals surface area contributed by atoms with Crippen LogP contribution in [0.25, 0.3) is 10.3 Å². The normalized spacial score (nSPS) is 12.2. The maximum atomic E-state index is 11.1. The molecule has 0 saturated heterocycles. The summed E-state index contributed by atoms with van der Waals surface area (Å²) in [5.74, 6) is 0. The molecular formula is C10H11NO2S. The van der Waals surface area contributed by atoms with Crippen molar-refractivity contribution in [3.8, 4) is 0 Å². The van der Waals surface area contributed by atoms with Crippen molar-refractivity contribution >= 4 is 21.6 Å². The van der Waals surface area contributed by atoms with Crippen LogP contribution >= 0.6 is 11.3 Å². The minimum Gasteiger partial charge on any atom is -0.414 e. The quantitative estimate of drug-likeness (QED) is 0.782. The molecule has 0 spiro atoms. The second kappa shape index (κ2) is 2.93. The number of hydrogen-bond donors (Lipinski definition) is 1. The summed E-state index contributed by atoms with van der Waals surface area (Å²) in [6, 6.07) is 5.55. The molecule has 0 aliphatic heterocycles. The molecule has 1 aromatic heterocycles. The summed E-state index contributed by atoms with van der Waals surface area (Å²) in [5.41, 5.74) is 7.11. The molecule has 0 unspecified atom stereocenters. The van der Waals surface area contributed by atoms with E-state index in [0.717, 1.165) is 21.6 Å². The number of hydrogen-bond acceptors (Lipinski definition) is 4. The summed E-state index contributed by atoms with van der Waals surface area (Å²) in [6.45, 7) is 3.82. The molecule has 0 bridgehead atoms. The smallest absolute Gasteiger partial charge is 0.396 e. The Bertz CT molecular complexity index is 519. The third-order valence-corrected chi connectivity index (χ3v) is 2.93. The van der Waals surface area contributed by atoms with Crippen molar-refractivity contribution in [2.75, 3.05) is 0 Å². The third kappa shape index (κ3) is 1.47. The van der Waals surface area contributed by atoms with Gasteiger partial charge in [-0.3, -0.25) is 0 Å². The molecule has 0 aliphatic rings. The van der Waals surface area contributed by atoms with Gasteiger partial charge in [0.1, 0.15) is 5.58 Å². The molecule has 1 heterocycles. The van der Waals surface area contributed by atoms with Gasteiger partial charge in [-0.1, -0.05) is 23.5 Å². The van der Waals surface area contributed by atoms with Gasteiger partial charge in [-0.25, -0.2) is 4.79 Å². The molecule has 0 fully saturated rings. The van der Waals surface area contributed by atoms with Gasteiger partial charge < -0.3 is 10.2 Å². The van der Waals surface area contributed by atoms with E-state index in [9.17, 15) is 4.79 Å². The van der Waals surface area contributed by atoms with Gasteiger partial charge in [-0.15, -0.1) is 0 Å². The number of rotatable bonds is 1. The zero-order valence-corrected chi connectivity index (χ0v) is 8.85. The molecule has 2 N–H and O–H groups in total. The summed E-state index contributed by atoms with van der Waals surface area (Å²) in [6.07, 6.45) is 0. The fraction of sp³-hybridized carbons (Fsp3) is 0.300. The zero-order chi connectivity index (χ0) is 10.3. The van der Waals surface area contributed by atoms with Crippen molar-refractivity contribution in [2.24, 2.45) is 5.73 Å². The number of benzene rings is 1. The number of nitrogens with two attached hydrogens (primary N) is 1. The lowest BCUT2D eigenvalue weighted by molar-refractivity contribution is 0.556. The lowest BCUT2D eigenvalue weighted by atomic mass is 9.96. The minimum absolute atomic E-state index is 0.281. The molecule has 0 atom stereocenters. The molecule has 1 aromatic carbocycles. The highest BCUT2D eigenvalue weighted by atomic mass is 32.1. The molecule has 74 valence electrons. The summed E-state index contributed by atoms with van der Waals surface area (Å²) in [4.78, 5) is 10.8. The second-order valence-electron chi connectivity index (χ2n) is 3.81. The Kier molecular flexibility index (Phi) is 1.97. The van der Waals surface area contributed by atoms with Crippen LogP contribution in [0.5, 0.6) is 0 Å². The van der Waals surface area contributed by atoms with Gasteiger partial charge in [0.2, 0.25) is 0 Å². The lowest BCUT2D eigenvalue weighted by Crippen LogP contribution is -2.28. The van der Waals surface area contributed by atoms with E-state index in [1.165, 1.54) is 0 Å². The summed E-state index contributed by atoms with van der Waals surface area (Å²) >= 11 is 1.10. The fourth-order valence-electron chi connectivity index (χ4n) is 1.40. The molecule has 0 amide bonds. The highest BCUT2D eigenvalue weighted by Crippen LogP contribution is 2.28. The Morgan fingerprint density at radius 3 is 2.79 bits per heavy atom. The first-order valence-electron chi connectivity index (χ1n) is 4.30. The zero-order valence-electron chi connectivity index (χ0n) is 8.03. The van der Waals surface area contributed by atoms with E-state index < -0.39 is 5.54 Å². The van der Waals surface area contributed by atoms with E-state index in [1.54, 1.807) is 6.07 Å². The average molecular weight is 209 g/mol. The van der Waals surface area contributed by atoms with E-state index in [4.69, 9.17) is 10.2 Å². The predicted molar refractivity (Wildman–Crippen MR) is 57.6 cm³/mol. The van der Waals surface area contributed by atoms with E-state index >= 15 is 0 Å². The van der Waals surface area contributed by atoms with E-state index in [-0.39, 0.29) is 4.94 Å². The highest BCUT2D eigenvalue weighted by molar-refractivity contribution is 7.16. The summed E-state index contributed by atoms with van der Waals surface area (Å²) in [5, 5.41) is 0. The minimum atomic E-state index is -0.452. The molecule has 2 rings (SSSR count). The maximum absolute atomic E-state index is 11.1. The summed E-state index contributed by atoms with van der Waals surface area (Å²) < 4.78 is 5.86. The van der Waals surface area contributed by atoms with Gasteiger partial charge >= 0.3 is 4.94 Å². The largest absolute Gasteiger partial charge is 0.414 e. The second-order valence-corrected chi connectivity index (χ2v) is 4.75. The van der Waals surface area contributed by atoms with Crippen molar-refractivity contribution in [1.82, 2.24) is 0 Å². The van der Waals surface area contributed by atoms with Crippen molar-refractivity contribution < 1.29 is 4.42 Å². The molecule has 2 aromatic rings. The van der Waals surface area contributed by atoms with Crippen LogP contribution < -0.4 is 10.7 Å². The standard InChI is InChI=1S/C10H11NO2S/c1-10(2,11)6-4-3-5-7-8(6)14-9(12)13-7/h3-5H,11H2,1-2H3. The SMILES string of the molecule is CC(C)(N)c1cccc2oc(=O)sc12. The lowest BCUT2D eigenvalue weighted by Gasteiger charge is -2.18. The Morgan fingerprint density at radius 1 is 1.43 bits per heavy atom. The monoisotopic (exact) mass is 209 g/mol. The van der Waals surface area contributed by atoms with Gasteiger partial charge in [0.15, 0.2) is 0 Å².